The van der Waals surface area contributed by atoms with Gasteiger partial charge in [-0.25, -0.2) is 4.79 Å². The van der Waals surface area contributed by atoms with Crippen LogP contribution < -0.4 is 0 Å². The van der Waals surface area contributed by atoms with Crippen molar-refractivity contribution in [3.05, 3.63) is 12.2 Å². The largest absolute Gasteiger partial charge is 0.462 e. The van der Waals surface area contributed by atoms with E-state index in [9.17, 15) is 4.79 Å². The summed E-state index contributed by atoms with van der Waals surface area (Å²) in [7, 11) is 0. The van der Waals surface area contributed by atoms with Crippen LogP contribution in [0.4, 0.5) is 0 Å². The van der Waals surface area contributed by atoms with E-state index in [-0.39, 0.29) is 5.97 Å². The van der Waals surface area contributed by atoms with Crippen molar-refractivity contribution in [1.82, 2.24) is 0 Å². The van der Waals surface area contributed by atoms with Crippen molar-refractivity contribution < 1.29 is 9.53 Å². The molecule has 2 unspecified atom stereocenters. The lowest BCUT2D eigenvalue weighted by atomic mass is 9.43. The average molecular weight is 301 g/mol. The van der Waals surface area contributed by atoms with Crippen molar-refractivity contribution in [3.63, 3.8) is 0 Å². The van der Waals surface area contributed by atoms with Gasteiger partial charge in [0.15, 0.2) is 0 Å². The lowest BCUT2D eigenvalue weighted by molar-refractivity contribution is -0.145. The first-order valence-electron chi connectivity index (χ1n) is 8.66. The van der Waals surface area contributed by atoms with Crippen molar-refractivity contribution in [2.45, 2.75) is 64.7 Å². The Labute approximate surface area is 133 Å². The first-order valence-corrected chi connectivity index (χ1v) is 8.66. The minimum Gasteiger partial charge on any atom is -0.462 e. The van der Waals surface area contributed by atoms with E-state index in [2.05, 4.69) is 12.6 Å². The molecule has 22 heavy (non-hydrogen) atoms. The highest BCUT2D eigenvalue weighted by Crippen LogP contribution is 2.67. The van der Waals surface area contributed by atoms with Gasteiger partial charge < -0.3 is 4.74 Å². The third-order valence-electron chi connectivity index (χ3n) is 6.28. The predicted octanol–water partition coefficient (Wildman–Crippen LogP) is 4.39. The SMILES string of the molecule is C=C(C)C(=O)OCCC12CC3CC(CC(CCC#N)(C3)C1)C2. The van der Waals surface area contributed by atoms with E-state index in [1.54, 1.807) is 6.92 Å². The molecule has 3 heteroatoms. The summed E-state index contributed by atoms with van der Waals surface area (Å²) >= 11 is 0. The number of carbonyl (C=O) groups is 1. The molecule has 4 rings (SSSR count). The van der Waals surface area contributed by atoms with E-state index in [0.717, 1.165) is 24.7 Å². The maximum Gasteiger partial charge on any atom is 0.333 e. The number of nitriles is 1. The molecule has 0 aromatic rings. The molecule has 0 spiro atoms. The van der Waals surface area contributed by atoms with E-state index in [1.807, 2.05) is 0 Å². The van der Waals surface area contributed by atoms with Crippen LogP contribution in [0.2, 0.25) is 0 Å². The van der Waals surface area contributed by atoms with Gasteiger partial charge in [-0.3, -0.25) is 0 Å². The molecular weight excluding hydrogens is 274 g/mol. The zero-order chi connectivity index (χ0) is 15.8. The summed E-state index contributed by atoms with van der Waals surface area (Å²) in [5.41, 5.74) is 1.27. The number of rotatable bonds is 6. The second kappa shape index (κ2) is 5.72. The van der Waals surface area contributed by atoms with E-state index >= 15 is 0 Å². The number of ether oxygens (including phenoxy) is 1. The zero-order valence-electron chi connectivity index (χ0n) is 13.7. The Morgan fingerprint density at radius 1 is 1.23 bits per heavy atom. The van der Waals surface area contributed by atoms with Gasteiger partial charge in [-0.1, -0.05) is 6.58 Å². The van der Waals surface area contributed by atoms with Crippen LogP contribution in [0.3, 0.4) is 0 Å². The van der Waals surface area contributed by atoms with Gasteiger partial charge in [0.05, 0.1) is 12.7 Å². The summed E-state index contributed by atoms with van der Waals surface area (Å²) in [6.07, 6.45) is 10.7. The lowest BCUT2D eigenvalue weighted by Crippen LogP contribution is -2.52. The van der Waals surface area contributed by atoms with Gasteiger partial charge in [0, 0.05) is 12.0 Å². The standard InChI is InChI=1S/C19H27NO2/c1-14(2)17(21)22-7-5-19-11-15-8-16(12-19)10-18(9-15,13-19)4-3-6-20/h15-16H,1,3-5,7-13H2,2H3. The van der Waals surface area contributed by atoms with Crippen LogP contribution >= 0.6 is 0 Å². The Balaban J connectivity index is 1.65. The van der Waals surface area contributed by atoms with Crippen LogP contribution in [0.1, 0.15) is 64.7 Å². The fourth-order valence-corrected chi connectivity index (χ4v) is 6.04. The quantitative estimate of drug-likeness (QED) is 0.540. The number of hydrogen-bond acceptors (Lipinski definition) is 3. The van der Waals surface area contributed by atoms with Crippen molar-refractivity contribution >= 4 is 5.97 Å². The van der Waals surface area contributed by atoms with Crippen LogP contribution in [0.15, 0.2) is 12.2 Å². The van der Waals surface area contributed by atoms with Crippen molar-refractivity contribution in [2.75, 3.05) is 6.61 Å². The minimum atomic E-state index is -0.260. The monoisotopic (exact) mass is 301 g/mol. The lowest BCUT2D eigenvalue weighted by Gasteiger charge is -2.62. The summed E-state index contributed by atoms with van der Waals surface area (Å²) < 4.78 is 5.37. The molecule has 2 atom stereocenters. The minimum absolute atomic E-state index is 0.260. The van der Waals surface area contributed by atoms with Crippen LogP contribution in [-0.4, -0.2) is 12.6 Å². The third-order valence-corrected chi connectivity index (χ3v) is 6.28. The summed E-state index contributed by atoms with van der Waals surface area (Å²) in [5, 5.41) is 8.97. The van der Waals surface area contributed by atoms with Crippen molar-refractivity contribution in [1.29, 1.82) is 5.26 Å². The molecule has 0 aromatic carbocycles. The maximum absolute atomic E-state index is 11.6. The smallest absolute Gasteiger partial charge is 0.333 e. The van der Waals surface area contributed by atoms with E-state index in [0.29, 0.717) is 29.4 Å². The number of carbonyl (C=O) groups excluding carboxylic acids is 1. The van der Waals surface area contributed by atoms with Crippen LogP contribution in [0.25, 0.3) is 0 Å². The molecule has 0 radical (unpaired) electrons. The van der Waals surface area contributed by atoms with Crippen LogP contribution in [0, 0.1) is 34.0 Å². The number of nitrogens with zero attached hydrogens (tertiary/aromatic N) is 1. The first-order chi connectivity index (χ1) is 10.5. The van der Waals surface area contributed by atoms with Gasteiger partial charge in [0.25, 0.3) is 0 Å². The molecule has 4 aliphatic rings. The van der Waals surface area contributed by atoms with Gasteiger partial charge in [0.2, 0.25) is 0 Å². The first kappa shape index (κ1) is 15.6. The van der Waals surface area contributed by atoms with Crippen molar-refractivity contribution in [3.8, 4) is 6.07 Å². The van der Waals surface area contributed by atoms with E-state index in [4.69, 9.17) is 10.00 Å². The van der Waals surface area contributed by atoms with E-state index < -0.39 is 0 Å². The molecular formula is C19H27NO2. The molecule has 3 nitrogen and oxygen atoms in total. The molecule has 4 aliphatic carbocycles. The summed E-state index contributed by atoms with van der Waals surface area (Å²) in [6, 6.07) is 2.35. The van der Waals surface area contributed by atoms with E-state index in [1.165, 1.54) is 38.5 Å². The normalized spacial score (nSPS) is 38.5. The summed E-state index contributed by atoms with van der Waals surface area (Å²) in [5.74, 6) is 1.43. The Hall–Kier alpha value is -1.30. The van der Waals surface area contributed by atoms with Gasteiger partial charge in [-0.15, -0.1) is 0 Å². The average Bonchev–Trinajstić information content (AvgIpc) is 2.43. The third kappa shape index (κ3) is 2.93. The second-order valence-electron chi connectivity index (χ2n) is 8.29. The van der Waals surface area contributed by atoms with Gasteiger partial charge in [-0.2, -0.15) is 5.26 Å². The Morgan fingerprint density at radius 2 is 1.82 bits per heavy atom. The molecule has 0 heterocycles. The van der Waals surface area contributed by atoms with Gasteiger partial charge >= 0.3 is 5.97 Å². The molecule has 0 N–H and O–H groups in total. The van der Waals surface area contributed by atoms with Gasteiger partial charge in [0.1, 0.15) is 0 Å². The molecule has 4 saturated carbocycles. The number of hydrogen-bond donors (Lipinski definition) is 0. The predicted molar refractivity (Wildman–Crippen MR) is 84.8 cm³/mol. The molecule has 0 saturated heterocycles. The second-order valence-corrected chi connectivity index (χ2v) is 8.29. The Kier molecular flexibility index (Phi) is 4.05. The molecule has 0 amide bonds. The Bertz CT molecular complexity index is 502. The fourth-order valence-electron chi connectivity index (χ4n) is 6.04. The van der Waals surface area contributed by atoms with Crippen molar-refractivity contribution in [2.24, 2.45) is 22.7 Å². The summed E-state index contributed by atoms with van der Waals surface area (Å²) in [6.45, 7) is 5.87. The number of esters is 1. The topological polar surface area (TPSA) is 50.1 Å². The molecule has 4 fully saturated rings. The molecule has 0 aliphatic heterocycles. The van der Waals surface area contributed by atoms with Crippen LogP contribution in [0.5, 0.6) is 0 Å². The maximum atomic E-state index is 11.6. The molecule has 0 aromatic heterocycles. The zero-order valence-corrected chi connectivity index (χ0v) is 13.7. The molecule has 120 valence electrons. The van der Waals surface area contributed by atoms with Crippen LogP contribution in [-0.2, 0) is 9.53 Å². The molecule has 4 bridgehead atoms. The highest BCUT2D eigenvalue weighted by molar-refractivity contribution is 5.86. The highest BCUT2D eigenvalue weighted by atomic mass is 16.5. The fraction of sp³-hybridized carbons (Fsp3) is 0.789. The Morgan fingerprint density at radius 3 is 2.36 bits per heavy atom. The summed E-state index contributed by atoms with van der Waals surface area (Å²) in [4.78, 5) is 11.6. The highest BCUT2D eigenvalue weighted by Gasteiger charge is 2.56. The van der Waals surface area contributed by atoms with Gasteiger partial charge in [-0.05, 0) is 81.0 Å².